The first kappa shape index (κ1) is 7.78. The number of carboxylic acid groups (broad SMARTS) is 1. The largest absolute Gasteiger partial charge is 0.480 e. The minimum Gasteiger partial charge on any atom is -0.480 e. The van der Waals surface area contributed by atoms with Crippen LogP contribution in [-0.2, 0) is 4.79 Å². The fourth-order valence-electron chi connectivity index (χ4n) is 0.779. The van der Waals surface area contributed by atoms with Gasteiger partial charge in [-0.15, -0.1) is 0 Å². The van der Waals surface area contributed by atoms with Crippen LogP contribution in [-0.4, -0.2) is 20.6 Å². The molecular formula is C7H10N2O2. The van der Waals surface area contributed by atoms with Crippen LogP contribution in [0.1, 0.15) is 18.7 Å². The van der Waals surface area contributed by atoms with Crippen molar-refractivity contribution in [3.05, 3.63) is 18.2 Å². The fourth-order valence-corrected chi connectivity index (χ4v) is 0.779. The first-order valence-corrected chi connectivity index (χ1v) is 3.34. The standard InChI is InChI=1S/C7H10N2O2/c1-5-3-9(4-8-5)6(2)7(10)11/h3-4,6H,1-2H3,(H,10,11). The third-order valence-electron chi connectivity index (χ3n) is 1.54. The van der Waals surface area contributed by atoms with Crippen LogP contribution in [0.3, 0.4) is 0 Å². The summed E-state index contributed by atoms with van der Waals surface area (Å²) in [6.45, 7) is 3.44. The molecule has 1 aromatic rings. The Hall–Kier alpha value is -1.32. The SMILES string of the molecule is Cc1cn(C(C)C(=O)O)cn1. The van der Waals surface area contributed by atoms with Gasteiger partial charge in [-0.3, -0.25) is 0 Å². The van der Waals surface area contributed by atoms with E-state index < -0.39 is 12.0 Å². The topological polar surface area (TPSA) is 55.1 Å². The van der Waals surface area contributed by atoms with Crippen LogP contribution in [0.15, 0.2) is 12.5 Å². The summed E-state index contributed by atoms with van der Waals surface area (Å²) in [7, 11) is 0. The highest BCUT2D eigenvalue weighted by Crippen LogP contribution is 2.05. The van der Waals surface area contributed by atoms with Crippen LogP contribution in [0, 0.1) is 6.92 Å². The Bertz CT molecular complexity index is 267. The summed E-state index contributed by atoms with van der Waals surface area (Å²) in [5.74, 6) is -0.845. The number of aryl methyl sites for hydroxylation is 1. The molecule has 0 aliphatic carbocycles. The second kappa shape index (κ2) is 2.74. The van der Waals surface area contributed by atoms with Crippen LogP contribution in [0.5, 0.6) is 0 Å². The van der Waals surface area contributed by atoms with E-state index in [0.717, 1.165) is 5.69 Å². The number of nitrogens with zero attached hydrogens (tertiary/aromatic N) is 2. The van der Waals surface area contributed by atoms with Gasteiger partial charge in [-0.1, -0.05) is 0 Å². The lowest BCUT2D eigenvalue weighted by Crippen LogP contribution is -2.13. The zero-order valence-electron chi connectivity index (χ0n) is 6.48. The average molecular weight is 154 g/mol. The number of hydrogen-bond acceptors (Lipinski definition) is 2. The van der Waals surface area contributed by atoms with Gasteiger partial charge in [-0.2, -0.15) is 0 Å². The van der Waals surface area contributed by atoms with Crippen LogP contribution < -0.4 is 0 Å². The lowest BCUT2D eigenvalue weighted by molar-refractivity contribution is -0.140. The number of aliphatic carboxylic acids is 1. The predicted molar refractivity (Wildman–Crippen MR) is 39.3 cm³/mol. The first-order chi connectivity index (χ1) is 5.11. The minimum absolute atomic E-state index is 0.531. The maximum Gasteiger partial charge on any atom is 0.326 e. The molecule has 4 heteroatoms. The molecule has 60 valence electrons. The van der Waals surface area contributed by atoms with Gasteiger partial charge in [0.2, 0.25) is 0 Å². The van der Waals surface area contributed by atoms with Crippen molar-refractivity contribution >= 4 is 5.97 Å². The maximum atomic E-state index is 10.5. The molecule has 0 spiro atoms. The van der Waals surface area contributed by atoms with Crippen molar-refractivity contribution in [2.24, 2.45) is 0 Å². The number of hydrogen-bond donors (Lipinski definition) is 1. The summed E-state index contributed by atoms with van der Waals surface area (Å²) in [5, 5.41) is 8.60. The van der Waals surface area contributed by atoms with E-state index in [4.69, 9.17) is 5.11 Å². The van der Waals surface area contributed by atoms with Crippen LogP contribution >= 0.6 is 0 Å². The second-order valence-electron chi connectivity index (χ2n) is 2.48. The van der Waals surface area contributed by atoms with E-state index in [1.54, 1.807) is 17.7 Å². The molecule has 1 heterocycles. The van der Waals surface area contributed by atoms with Gasteiger partial charge < -0.3 is 9.67 Å². The quantitative estimate of drug-likeness (QED) is 0.686. The van der Waals surface area contributed by atoms with Crippen molar-refractivity contribution in [2.75, 3.05) is 0 Å². The van der Waals surface area contributed by atoms with Gasteiger partial charge >= 0.3 is 5.97 Å². The van der Waals surface area contributed by atoms with E-state index in [-0.39, 0.29) is 0 Å². The van der Waals surface area contributed by atoms with Gasteiger partial charge in [0.25, 0.3) is 0 Å². The third kappa shape index (κ3) is 1.58. The predicted octanol–water partition coefficient (Wildman–Crippen LogP) is 0.837. The lowest BCUT2D eigenvalue weighted by Gasteiger charge is -2.05. The van der Waals surface area contributed by atoms with Crippen molar-refractivity contribution in [2.45, 2.75) is 19.9 Å². The molecule has 1 atom stereocenters. The zero-order valence-corrected chi connectivity index (χ0v) is 6.48. The Labute approximate surface area is 64.5 Å². The molecule has 0 bridgehead atoms. The van der Waals surface area contributed by atoms with Crippen molar-refractivity contribution in [3.8, 4) is 0 Å². The molecule has 0 amide bonds. The molecule has 4 nitrogen and oxygen atoms in total. The summed E-state index contributed by atoms with van der Waals surface area (Å²) in [6.07, 6.45) is 3.23. The van der Waals surface area contributed by atoms with Crippen LogP contribution in [0.25, 0.3) is 0 Å². The zero-order chi connectivity index (χ0) is 8.43. The molecular weight excluding hydrogens is 144 g/mol. The highest BCUT2D eigenvalue weighted by Gasteiger charge is 2.11. The van der Waals surface area contributed by atoms with E-state index in [1.165, 1.54) is 6.33 Å². The molecule has 0 saturated carbocycles. The smallest absolute Gasteiger partial charge is 0.326 e. The monoisotopic (exact) mass is 154 g/mol. The van der Waals surface area contributed by atoms with Gasteiger partial charge in [-0.25, -0.2) is 9.78 Å². The lowest BCUT2D eigenvalue weighted by atomic mass is 10.3. The molecule has 0 aliphatic heterocycles. The summed E-state index contributed by atoms with van der Waals surface area (Å²) in [4.78, 5) is 14.4. The normalized spacial score (nSPS) is 12.9. The van der Waals surface area contributed by atoms with E-state index in [9.17, 15) is 4.79 Å². The van der Waals surface area contributed by atoms with Crippen molar-refractivity contribution in [1.29, 1.82) is 0 Å². The molecule has 0 saturated heterocycles. The molecule has 11 heavy (non-hydrogen) atoms. The first-order valence-electron chi connectivity index (χ1n) is 3.34. The molecule has 0 aliphatic rings. The maximum absolute atomic E-state index is 10.5. The molecule has 0 radical (unpaired) electrons. The van der Waals surface area contributed by atoms with Crippen molar-refractivity contribution in [3.63, 3.8) is 0 Å². The van der Waals surface area contributed by atoms with Crippen LogP contribution in [0.2, 0.25) is 0 Å². The Morgan fingerprint density at radius 2 is 2.45 bits per heavy atom. The van der Waals surface area contributed by atoms with Gasteiger partial charge in [0.15, 0.2) is 0 Å². The molecule has 1 aromatic heterocycles. The Morgan fingerprint density at radius 3 is 2.82 bits per heavy atom. The van der Waals surface area contributed by atoms with E-state index >= 15 is 0 Å². The molecule has 1 unspecified atom stereocenters. The minimum atomic E-state index is -0.845. The van der Waals surface area contributed by atoms with E-state index in [1.807, 2.05) is 6.92 Å². The van der Waals surface area contributed by atoms with Gasteiger partial charge in [-0.05, 0) is 13.8 Å². The average Bonchev–Trinajstić information content (AvgIpc) is 2.34. The van der Waals surface area contributed by atoms with Gasteiger partial charge in [0, 0.05) is 6.20 Å². The number of carboxylic acids is 1. The summed E-state index contributed by atoms with van der Waals surface area (Å²) >= 11 is 0. The highest BCUT2D eigenvalue weighted by molar-refractivity contribution is 5.71. The third-order valence-corrected chi connectivity index (χ3v) is 1.54. The summed E-state index contributed by atoms with van der Waals surface area (Å²) in [5.41, 5.74) is 0.832. The summed E-state index contributed by atoms with van der Waals surface area (Å²) < 4.78 is 1.57. The summed E-state index contributed by atoms with van der Waals surface area (Å²) in [6, 6.07) is -0.531. The molecule has 1 rings (SSSR count). The number of rotatable bonds is 2. The number of imidazole rings is 1. The second-order valence-corrected chi connectivity index (χ2v) is 2.48. The highest BCUT2D eigenvalue weighted by atomic mass is 16.4. The fraction of sp³-hybridized carbons (Fsp3) is 0.429. The van der Waals surface area contributed by atoms with Crippen LogP contribution in [0.4, 0.5) is 0 Å². The van der Waals surface area contributed by atoms with E-state index in [0.29, 0.717) is 0 Å². The molecule has 0 fully saturated rings. The molecule has 0 aromatic carbocycles. The molecule has 1 N–H and O–H groups in total. The van der Waals surface area contributed by atoms with Crippen molar-refractivity contribution < 1.29 is 9.90 Å². The Balaban J connectivity index is 2.84. The number of carbonyl (C=O) groups is 1. The van der Waals surface area contributed by atoms with Crippen molar-refractivity contribution in [1.82, 2.24) is 9.55 Å². The van der Waals surface area contributed by atoms with Gasteiger partial charge in [0.1, 0.15) is 6.04 Å². The number of aromatic nitrogens is 2. The Morgan fingerprint density at radius 1 is 1.82 bits per heavy atom. The van der Waals surface area contributed by atoms with E-state index in [2.05, 4.69) is 4.98 Å². The Kier molecular flexibility index (Phi) is 1.94. The van der Waals surface area contributed by atoms with Gasteiger partial charge in [0.05, 0.1) is 12.0 Å².